The molecular weight excluding hydrogens is 323 g/mol. The van der Waals surface area contributed by atoms with Gasteiger partial charge in [0.25, 0.3) is 5.69 Å². The first-order chi connectivity index (χ1) is 9.88. The van der Waals surface area contributed by atoms with E-state index in [1.54, 1.807) is 0 Å². The number of aromatic carboxylic acids is 1. The van der Waals surface area contributed by atoms with E-state index >= 15 is 0 Å². The number of rotatable bonds is 4. The van der Waals surface area contributed by atoms with Crippen LogP contribution < -0.4 is 4.74 Å². The predicted octanol–water partition coefficient (Wildman–Crippen LogP) is 3.79. The summed E-state index contributed by atoms with van der Waals surface area (Å²) in [4.78, 5) is 24.8. The lowest BCUT2D eigenvalue weighted by molar-refractivity contribution is -0.384. The molecule has 108 valence electrons. The number of nitro benzene ring substituents is 1. The second-order valence-electron chi connectivity index (χ2n) is 3.78. The number of halogens is 2. The summed E-state index contributed by atoms with van der Waals surface area (Å²) in [5, 5.41) is 19.4. The average Bonchev–Trinajstić information content (AvgIpc) is 2.40. The van der Waals surface area contributed by atoms with Crippen molar-refractivity contribution in [3.63, 3.8) is 0 Å². The third-order valence-electron chi connectivity index (χ3n) is 2.40. The first kappa shape index (κ1) is 15.0. The molecule has 0 aliphatic heterocycles. The van der Waals surface area contributed by atoms with Gasteiger partial charge in [0, 0.05) is 18.2 Å². The maximum absolute atomic E-state index is 10.9. The number of pyridine rings is 1. The molecule has 0 aliphatic rings. The molecule has 0 fully saturated rings. The molecule has 0 atom stereocenters. The number of ether oxygens (including phenoxy) is 1. The molecule has 0 unspecified atom stereocenters. The molecule has 21 heavy (non-hydrogen) atoms. The van der Waals surface area contributed by atoms with Crippen molar-refractivity contribution in [2.75, 3.05) is 0 Å². The van der Waals surface area contributed by atoms with Crippen LogP contribution in [0.1, 0.15) is 10.4 Å². The zero-order chi connectivity index (χ0) is 15.6. The minimum atomic E-state index is -1.23. The molecule has 0 spiro atoms. The van der Waals surface area contributed by atoms with Crippen LogP contribution in [0.15, 0.2) is 30.5 Å². The number of carbonyl (C=O) groups is 1. The summed E-state index contributed by atoms with van der Waals surface area (Å²) in [6.07, 6.45) is 1.13. The van der Waals surface area contributed by atoms with Crippen molar-refractivity contribution in [2.24, 2.45) is 0 Å². The minimum absolute atomic E-state index is 0.0262. The molecule has 1 N–H and O–H groups in total. The SMILES string of the molecule is O=C(O)c1cc(Oc2ccc([N+](=O)[O-])c(Cl)c2)ncc1Cl. The van der Waals surface area contributed by atoms with Gasteiger partial charge >= 0.3 is 5.97 Å². The topological polar surface area (TPSA) is 103 Å². The molecule has 9 heteroatoms. The van der Waals surface area contributed by atoms with Crippen LogP contribution in [0.25, 0.3) is 0 Å². The van der Waals surface area contributed by atoms with Crippen LogP contribution in [0.2, 0.25) is 10.0 Å². The Labute approximate surface area is 127 Å². The summed E-state index contributed by atoms with van der Waals surface area (Å²) in [5.74, 6) is -1.08. The molecule has 0 radical (unpaired) electrons. The van der Waals surface area contributed by atoms with Gasteiger partial charge in [0.05, 0.1) is 21.7 Å². The molecule has 1 heterocycles. The minimum Gasteiger partial charge on any atom is -0.478 e. The van der Waals surface area contributed by atoms with Gasteiger partial charge in [-0.25, -0.2) is 9.78 Å². The van der Waals surface area contributed by atoms with Gasteiger partial charge < -0.3 is 9.84 Å². The number of benzene rings is 1. The zero-order valence-electron chi connectivity index (χ0n) is 10.1. The van der Waals surface area contributed by atoms with Gasteiger partial charge in [0.15, 0.2) is 0 Å². The third kappa shape index (κ3) is 3.39. The van der Waals surface area contributed by atoms with Crippen molar-refractivity contribution in [2.45, 2.75) is 0 Å². The summed E-state index contributed by atoms with van der Waals surface area (Å²) in [7, 11) is 0. The van der Waals surface area contributed by atoms with Crippen LogP contribution in [0.3, 0.4) is 0 Å². The fourth-order valence-corrected chi connectivity index (χ4v) is 1.88. The highest BCUT2D eigenvalue weighted by Gasteiger charge is 2.15. The van der Waals surface area contributed by atoms with Crippen molar-refractivity contribution in [3.05, 3.63) is 56.2 Å². The van der Waals surface area contributed by atoms with Crippen LogP contribution >= 0.6 is 23.2 Å². The number of hydrogen-bond acceptors (Lipinski definition) is 5. The first-order valence-corrected chi connectivity index (χ1v) is 6.14. The van der Waals surface area contributed by atoms with Crippen LogP contribution in [-0.2, 0) is 0 Å². The van der Waals surface area contributed by atoms with E-state index in [1.807, 2.05) is 0 Å². The second-order valence-corrected chi connectivity index (χ2v) is 4.59. The smallest absolute Gasteiger partial charge is 0.337 e. The number of carboxylic acid groups (broad SMARTS) is 1. The predicted molar refractivity (Wildman–Crippen MR) is 74.4 cm³/mol. The van der Waals surface area contributed by atoms with Crippen molar-refractivity contribution in [1.82, 2.24) is 4.98 Å². The van der Waals surface area contributed by atoms with E-state index < -0.39 is 10.9 Å². The Kier molecular flexibility index (Phi) is 4.25. The van der Waals surface area contributed by atoms with Crippen LogP contribution in [0, 0.1) is 10.1 Å². The molecule has 0 aliphatic carbocycles. The van der Waals surface area contributed by atoms with E-state index in [0.717, 1.165) is 12.3 Å². The molecule has 2 rings (SSSR count). The quantitative estimate of drug-likeness (QED) is 0.676. The molecule has 7 nitrogen and oxygen atoms in total. The number of aromatic nitrogens is 1. The monoisotopic (exact) mass is 328 g/mol. The fourth-order valence-electron chi connectivity index (χ4n) is 1.46. The summed E-state index contributed by atoms with van der Waals surface area (Å²) < 4.78 is 5.30. The van der Waals surface area contributed by atoms with E-state index in [2.05, 4.69) is 4.98 Å². The Bertz CT molecular complexity index is 736. The van der Waals surface area contributed by atoms with Gasteiger partial charge in [0.1, 0.15) is 10.8 Å². The van der Waals surface area contributed by atoms with Gasteiger partial charge in [-0.3, -0.25) is 10.1 Å². The van der Waals surface area contributed by atoms with Gasteiger partial charge in [-0.1, -0.05) is 23.2 Å². The fraction of sp³-hybridized carbons (Fsp3) is 0. The Hall–Kier alpha value is -2.38. The van der Waals surface area contributed by atoms with Crippen molar-refractivity contribution < 1.29 is 19.6 Å². The van der Waals surface area contributed by atoms with Crippen LogP contribution in [0.5, 0.6) is 11.6 Å². The largest absolute Gasteiger partial charge is 0.478 e. The van der Waals surface area contributed by atoms with E-state index in [-0.39, 0.29) is 32.9 Å². The maximum Gasteiger partial charge on any atom is 0.337 e. The average molecular weight is 329 g/mol. The summed E-state index contributed by atoms with van der Waals surface area (Å²) >= 11 is 11.4. The Balaban J connectivity index is 2.30. The lowest BCUT2D eigenvalue weighted by atomic mass is 10.2. The van der Waals surface area contributed by atoms with E-state index in [1.165, 1.54) is 18.2 Å². The molecule has 0 bridgehead atoms. The molecule has 1 aromatic heterocycles. The molecule has 0 amide bonds. The second kappa shape index (κ2) is 5.94. The van der Waals surface area contributed by atoms with E-state index in [4.69, 9.17) is 33.0 Å². The number of nitro groups is 1. The number of hydrogen-bond donors (Lipinski definition) is 1. The third-order valence-corrected chi connectivity index (χ3v) is 3.00. The van der Waals surface area contributed by atoms with Crippen molar-refractivity contribution in [3.8, 4) is 11.6 Å². The Morgan fingerprint density at radius 3 is 2.57 bits per heavy atom. The first-order valence-electron chi connectivity index (χ1n) is 5.39. The molecule has 0 saturated heterocycles. The van der Waals surface area contributed by atoms with Crippen LogP contribution in [0.4, 0.5) is 5.69 Å². The van der Waals surface area contributed by atoms with E-state index in [0.29, 0.717) is 0 Å². The summed E-state index contributed by atoms with van der Waals surface area (Å²) in [6, 6.07) is 4.86. The Morgan fingerprint density at radius 2 is 2.00 bits per heavy atom. The highest BCUT2D eigenvalue weighted by atomic mass is 35.5. The number of carboxylic acids is 1. The normalized spacial score (nSPS) is 10.2. The molecule has 2 aromatic rings. The Morgan fingerprint density at radius 1 is 1.29 bits per heavy atom. The van der Waals surface area contributed by atoms with Crippen molar-refractivity contribution in [1.29, 1.82) is 0 Å². The zero-order valence-corrected chi connectivity index (χ0v) is 11.6. The molecular formula is C12H6Cl2N2O5. The van der Waals surface area contributed by atoms with E-state index in [9.17, 15) is 14.9 Å². The maximum atomic E-state index is 10.9. The van der Waals surface area contributed by atoms with Gasteiger partial charge in [-0.2, -0.15) is 0 Å². The summed E-state index contributed by atoms with van der Waals surface area (Å²) in [6.45, 7) is 0. The van der Waals surface area contributed by atoms with Crippen LogP contribution in [-0.4, -0.2) is 21.0 Å². The molecule has 1 aromatic carbocycles. The highest BCUT2D eigenvalue weighted by molar-refractivity contribution is 6.33. The lowest BCUT2D eigenvalue weighted by Crippen LogP contribution is -1.99. The van der Waals surface area contributed by atoms with Gasteiger partial charge in [0.2, 0.25) is 5.88 Å². The van der Waals surface area contributed by atoms with Gasteiger partial charge in [-0.05, 0) is 6.07 Å². The number of nitrogens with zero attached hydrogens (tertiary/aromatic N) is 2. The summed E-state index contributed by atoms with van der Waals surface area (Å²) in [5.41, 5.74) is -0.436. The highest BCUT2D eigenvalue weighted by Crippen LogP contribution is 2.31. The standard InChI is InChI=1S/C12H6Cl2N2O5/c13-8-3-6(1-2-10(8)16(19)20)21-11-4-7(12(17)18)9(14)5-15-11/h1-5H,(H,17,18). The van der Waals surface area contributed by atoms with Crippen molar-refractivity contribution >= 4 is 34.9 Å². The van der Waals surface area contributed by atoms with Gasteiger partial charge in [-0.15, -0.1) is 0 Å². The lowest BCUT2D eigenvalue weighted by Gasteiger charge is -2.06. The molecule has 0 saturated carbocycles.